The lowest BCUT2D eigenvalue weighted by Gasteiger charge is -2.25. The van der Waals surface area contributed by atoms with Gasteiger partial charge in [0.2, 0.25) is 0 Å². The Morgan fingerprint density at radius 1 is 0.378 bits per heavy atom. The number of ether oxygens (including phenoxy) is 4. The Kier molecular flexibility index (Phi) is 59.9. The standard InChI is InChI=1S/C73H125NO8/c1-6-8-10-12-14-16-18-20-22-24-25-26-27-28-29-30-31-32-33-34-35-36-37-38-39-40-41-42-43-44-45-46-47-48-50-52-54-56-58-60-62-64-71(76)82-69(68-81-73(72(77)78)79-66-65-74(3,4)5)67-80-70(75)63-61-59-57-55-53-51-49-23-21-19-17-15-13-11-9-7-2/h8,10,14,16,20,22,25-26,28-29,31-32,34-35,37-38,40-41,69,73H,6-7,9,11-13,15,17-19,21,23-24,27,30,33,36,39,42-68H2,1-5H3/p+1/b10-8-,16-14-,22-20-,26-25-,29-28-,32-31-,35-34-,38-37-,41-40-. The summed E-state index contributed by atoms with van der Waals surface area (Å²) in [7, 11) is 5.97. The number of nitrogens with zero attached hydrogens (tertiary/aromatic N) is 1. The Morgan fingerprint density at radius 2 is 0.695 bits per heavy atom. The van der Waals surface area contributed by atoms with Crippen molar-refractivity contribution in [3.05, 3.63) is 109 Å². The highest BCUT2D eigenvalue weighted by atomic mass is 16.7. The number of quaternary nitrogens is 1. The zero-order chi connectivity index (χ0) is 59.8. The third-order valence-electron chi connectivity index (χ3n) is 14.3. The molecule has 0 aliphatic carbocycles. The maximum Gasteiger partial charge on any atom is 0.361 e. The average molecular weight is 1150 g/mol. The zero-order valence-corrected chi connectivity index (χ0v) is 53.6. The molecule has 82 heavy (non-hydrogen) atoms. The van der Waals surface area contributed by atoms with Gasteiger partial charge in [0.05, 0.1) is 34.4 Å². The molecule has 9 nitrogen and oxygen atoms in total. The van der Waals surface area contributed by atoms with Crippen LogP contribution >= 0.6 is 0 Å². The third-order valence-corrected chi connectivity index (χ3v) is 14.3. The maximum absolute atomic E-state index is 12.9. The van der Waals surface area contributed by atoms with E-state index in [2.05, 4.69) is 123 Å². The smallest absolute Gasteiger partial charge is 0.361 e. The minimum Gasteiger partial charge on any atom is -0.477 e. The van der Waals surface area contributed by atoms with Gasteiger partial charge in [-0.15, -0.1) is 0 Å². The fourth-order valence-electron chi connectivity index (χ4n) is 9.18. The van der Waals surface area contributed by atoms with Crippen LogP contribution in [0.3, 0.4) is 0 Å². The summed E-state index contributed by atoms with van der Waals surface area (Å²) in [5.41, 5.74) is 0. The van der Waals surface area contributed by atoms with E-state index in [1.807, 2.05) is 21.1 Å². The molecule has 0 rings (SSSR count). The van der Waals surface area contributed by atoms with E-state index in [9.17, 15) is 19.5 Å². The van der Waals surface area contributed by atoms with Gasteiger partial charge < -0.3 is 28.5 Å². The lowest BCUT2D eigenvalue weighted by molar-refractivity contribution is -0.870. The molecule has 0 radical (unpaired) electrons. The Labute approximate surface area is 505 Å². The van der Waals surface area contributed by atoms with Crippen LogP contribution in [0, 0.1) is 0 Å². The van der Waals surface area contributed by atoms with Gasteiger partial charge in [-0.25, -0.2) is 4.79 Å². The second-order valence-corrected chi connectivity index (χ2v) is 23.4. The largest absolute Gasteiger partial charge is 0.477 e. The molecule has 0 heterocycles. The quantitative estimate of drug-likeness (QED) is 0.0211. The third kappa shape index (κ3) is 63.5. The molecule has 0 bridgehead atoms. The van der Waals surface area contributed by atoms with Crippen LogP contribution in [-0.2, 0) is 33.3 Å². The molecule has 0 amide bonds. The molecule has 1 N–H and O–H groups in total. The fourth-order valence-corrected chi connectivity index (χ4v) is 9.18. The summed E-state index contributed by atoms with van der Waals surface area (Å²) in [6.07, 6.45) is 84.8. The summed E-state index contributed by atoms with van der Waals surface area (Å²) in [6, 6.07) is 0. The minimum absolute atomic E-state index is 0.182. The first-order chi connectivity index (χ1) is 40.1. The summed E-state index contributed by atoms with van der Waals surface area (Å²) in [5.74, 6) is -2.00. The molecule has 2 atom stereocenters. The van der Waals surface area contributed by atoms with Crippen LogP contribution in [0.25, 0.3) is 0 Å². The fraction of sp³-hybridized carbons (Fsp3) is 0.712. The molecule has 470 valence electrons. The molecule has 0 aromatic heterocycles. The topological polar surface area (TPSA) is 108 Å². The van der Waals surface area contributed by atoms with Crippen LogP contribution in [0.5, 0.6) is 0 Å². The van der Waals surface area contributed by atoms with Crippen LogP contribution in [0.2, 0.25) is 0 Å². The second kappa shape index (κ2) is 63.0. The predicted octanol–water partition coefficient (Wildman–Crippen LogP) is 20.6. The van der Waals surface area contributed by atoms with E-state index in [1.165, 1.54) is 148 Å². The minimum atomic E-state index is -1.51. The second-order valence-electron chi connectivity index (χ2n) is 23.4. The number of aliphatic carboxylic acids is 1. The number of likely N-dealkylation sites (N-methyl/N-ethyl adjacent to an activating group) is 1. The van der Waals surface area contributed by atoms with E-state index >= 15 is 0 Å². The first-order valence-electron chi connectivity index (χ1n) is 33.6. The Morgan fingerprint density at radius 3 is 1.04 bits per heavy atom. The SMILES string of the molecule is CC/C=C\C/C=C\C/C=C\C/C=C\C/C=C\C/C=C\C/C=C\C/C=C\C/C=C\CCCCCCCCCCCCCCCC(=O)OC(COC(=O)CCCCCCCCCCCCCCCCCC)COC(OCC[N+](C)(C)C)C(=O)O. The van der Waals surface area contributed by atoms with Gasteiger partial charge in [-0.3, -0.25) is 9.59 Å². The number of rotatable bonds is 61. The number of carboxylic acid groups (broad SMARTS) is 1. The van der Waals surface area contributed by atoms with Crippen molar-refractivity contribution in [1.29, 1.82) is 0 Å². The van der Waals surface area contributed by atoms with E-state index in [4.69, 9.17) is 18.9 Å². The number of carbonyl (C=O) groups is 3. The molecule has 0 fully saturated rings. The lowest BCUT2D eigenvalue weighted by atomic mass is 10.0. The van der Waals surface area contributed by atoms with Gasteiger partial charge in [0.25, 0.3) is 6.29 Å². The number of allylic oxidation sites excluding steroid dienone is 18. The monoisotopic (exact) mass is 1140 g/mol. The van der Waals surface area contributed by atoms with E-state index < -0.39 is 24.3 Å². The summed E-state index contributed by atoms with van der Waals surface area (Å²) in [4.78, 5) is 37.5. The average Bonchev–Trinajstić information content (AvgIpc) is 3.45. The molecule has 9 heteroatoms. The van der Waals surface area contributed by atoms with Gasteiger partial charge in [-0.05, 0) is 83.5 Å². The molecule has 0 saturated carbocycles. The molecule has 0 aliphatic heterocycles. The zero-order valence-electron chi connectivity index (χ0n) is 53.6. The number of unbranched alkanes of at least 4 members (excludes halogenated alkanes) is 28. The highest BCUT2D eigenvalue weighted by Crippen LogP contribution is 2.17. The summed E-state index contributed by atoms with van der Waals surface area (Å²) in [5, 5.41) is 9.72. The van der Waals surface area contributed by atoms with Crippen molar-refractivity contribution < 1.29 is 42.9 Å². The Balaban J connectivity index is 4.08. The van der Waals surface area contributed by atoms with Crippen LogP contribution in [0.15, 0.2) is 109 Å². The molecular weight excluding hydrogens is 1020 g/mol. The molecule has 0 aromatic carbocycles. The first kappa shape index (κ1) is 78.0. The summed E-state index contributed by atoms with van der Waals surface area (Å²) in [6.45, 7) is 4.78. The van der Waals surface area contributed by atoms with Crippen molar-refractivity contribution in [1.82, 2.24) is 0 Å². The molecular formula is C73H126NO8+. The van der Waals surface area contributed by atoms with Gasteiger partial charge in [0.1, 0.15) is 13.2 Å². The number of esters is 2. The molecule has 0 spiro atoms. The van der Waals surface area contributed by atoms with E-state index in [0.29, 0.717) is 17.4 Å². The van der Waals surface area contributed by atoms with Crippen molar-refractivity contribution in [2.75, 3.05) is 47.5 Å². The van der Waals surface area contributed by atoms with Crippen LogP contribution < -0.4 is 0 Å². The maximum atomic E-state index is 12.9. The lowest BCUT2D eigenvalue weighted by Crippen LogP contribution is -2.40. The van der Waals surface area contributed by atoms with Crippen molar-refractivity contribution >= 4 is 17.9 Å². The number of hydrogen-bond acceptors (Lipinski definition) is 7. The van der Waals surface area contributed by atoms with Crippen molar-refractivity contribution in [2.24, 2.45) is 0 Å². The summed E-state index contributed by atoms with van der Waals surface area (Å²) < 4.78 is 22.9. The molecule has 0 saturated heterocycles. The number of hydrogen-bond donors (Lipinski definition) is 1. The van der Waals surface area contributed by atoms with Crippen molar-refractivity contribution in [2.45, 2.75) is 289 Å². The summed E-state index contributed by atoms with van der Waals surface area (Å²) >= 11 is 0. The molecule has 2 unspecified atom stereocenters. The predicted molar refractivity (Wildman–Crippen MR) is 350 cm³/mol. The van der Waals surface area contributed by atoms with E-state index in [-0.39, 0.29) is 32.2 Å². The van der Waals surface area contributed by atoms with Gasteiger partial charge in [0, 0.05) is 12.8 Å². The molecule has 0 aromatic rings. The van der Waals surface area contributed by atoms with Crippen LogP contribution in [0.1, 0.15) is 277 Å². The highest BCUT2D eigenvalue weighted by molar-refractivity contribution is 5.71. The Bertz CT molecular complexity index is 1710. The van der Waals surface area contributed by atoms with Gasteiger partial charge in [0.15, 0.2) is 6.10 Å². The molecule has 0 aliphatic rings. The van der Waals surface area contributed by atoms with Gasteiger partial charge in [-0.1, -0.05) is 290 Å². The first-order valence-corrected chi connectivity index (χ1v) is 33.6. The van der Waals surface area contributed by atoms with Gasteiger partial charge in [-0.2, -0.15) is 0 Å². The number of carbonyl (C=O) groups excluding carboxylic acids is 2. The van der Waals surface area contributed by atoms with Crippen LogP contribution in [-0.4, -0.2) is 87.4 Å². The van der Waals surface area contributed by atoms with Crippen molar-refractivity contribution in [3.8, 4) is 0 Å². The number of carboxylic acids is 1. The van der Waals surface area contributed by atoms with E-state index in [0.717, 1.165) is 103 Å². The van der Waals surface area contributed by atoms with Gasteiger partial charge >= 0.3 is 17.9 Å². The van der Waals surface area contributed by atoms with E-state index in [1.54, 1.807) is 0 Å². The highest BCUT2D eigenvalue weighted by Gasteiger charge is 2.25. The Hall–Kier alpha value is -4.05. The van der Waals surface area contributed by atoms with Crippen LogP contribution in [0.4, 0.5) is 0 Å². The van der Waals surface area contributed by atoms with Crippen molar-refractivity contribution in [3.63, 3.8) is 0 Å². The normalized spacial score (nSPS) is 13.4.